The Balaban J connectivity index is 1.93. The van der Waals surface area contributed by atoms with Crippen LogP contribution in [-0.2, 0) is 14.3 Å². The molecule has 8 heteroatoms. The van der Waals surface area contributed by atoms with E-state index in [0.29, 0.717) is 17.1 Å². The molecule has 0 saturated heterocycles. The maximum atomic E-state index is 13.0. The highest BCUT2D eigenvalue weighted by Crippen LogP contribution is 2.33. The molecule has 1 heterocycles. The summed E-state index contributed by atoms with van der Waals surface area (Å²) in [6.07, 6.45) is 0.649. The second kappa shape index (κ2) is 8.68. The molecule has 2 amide bonds. The molecule has 2 aromatic rings. The highest BCUT2D eigenvalue weighted by atomic mass is 35.5. The summed E-state index contributed by atoms with van der Waals surface area (Å²) < 4.78 is 5.16. The third-order valence-electron chi connectivity index (χ3n) is 4.27. The summed E-state index contributed by atoms with van der Waals surface area (Å²) in [5, 5.41) is 3.09. The van der Waals surface area contributed by atoms with Crippen LogP contribution in [0.2, 0.25) is 5.02 Å². The normalized spacial score (nSPS) is 13.9. The fourth-order valence-corrected chi connectivity index (χ4v) is 3.15. The number of rotatable bonds is 6. The first-order chi connectivity index (χ1) is 13.8. The second-order valence-corrected chi connectivity index (χ2v) is 7.16. The summed E-state index contributed by atoms with van der Waals surface area (Å²) in [5.74, 6) is -2.02. The third-order valence-corrected chi connectivity index (χ3v) is 5.03. The molecule has 0 radical (unpaired) electrons. The van der Waals surface area contributed by atoms with E-state index in [9.17, 15) is 14.4 Å². The van der Waals surface area contributed by atoms with Crippen molar-refractivity contribution in [2.75, 3.05) is 16.8 Å². The van der Waals surface area contributed by atoms with Gasteiger partial charge in [0.15, 0.2) is 0 Å². The van der Waals surface area contributed by atoms with Crippen LogP contribution in [0.1, 0.15) is 29.3 Å². The molecule has 0 spiro atoms. The molecule has 0 unspecified atom stereocenters. The smallest absolute Gasteiger partial charge is 0.340 e. The second-order valence-electron chi connectivity index (χ2n) is 6.38. The lowest BCUT2D eigenvalue weighted by Crippen LogP contribution is -2.33. The summed E-state index contributed by atoms with van der Waals surface area (Å²) in [5.41, 5.74) is 1.50. The van der Waals surface area contributed by atoms with E-state index in [2.05, 4.69) is 5.32 Å². The molecule has 0 saturated carbocycles. The van der Waals surface area contributed by atoms with Gasteiger partial charge in [0.1, 0.15) is 10.7 Å². The van der Waals surface area contributed by atoms with Crippen molar-refractivity contribution < 1.29 is 19.1 Å². The van der Waals surface area contributed by atoms with E-state index in [1.54, 1.807) is 30.3 Å². The van der Waals surface area contributed by atoms with E-state index in [0.717, 1.165) is 10.5 Å². The Bertz CT molecular complexity index is 1030. The number of esters is 1. The fraction of sp³-hybridized carbons (Fsp3) is 0.190. The van der Waals surface area contributed by atoms with E-state index < -0.39 is 17.8 Å². The van der Waals surface area contributed by atoms with Gasteiger partial charge in [0.05, 0.1) is 17.9 Å². The lowest BCUT2D eigenvalue weighted by molar-refractivity contribution is -0.120. The Kier molecular flexibility index (Phi) is 6.25. The molecular weight excluding hydrogens is 415 g/mol. The number of nitrogens with zero attached hydrogens (tertiary/aromatic N) is 1. The molecule has 1 aliphatic rings. The summed E-state index contributed by atoms with van der Waals surface area (Å²) in [7, 11) is 0. The topological polar surface area (TPSA) is 75.7 Å². The quantitative estimate of drug-likeness (QED) is 0.530. The average molecular weight is 433 g/mol. The van der Waals surface area contributed by atoms with Crippen LogP contribution in [0.5, 0.6) is 0 Å². The number of hydrogen-bond donors (Lipinski definition) is 1. The number of carbonyl (C=O) groups is 3. The van der Waals surface area contributed by atoms with Crippen LogP contribution in [0.4, 0.5) is 11.4 Å². The van der Waals surface area contributed by atoms with Crippen molar-refractivity contribution in [3.63, 3.8) is 0 Å². The summed E-state index contributed by atoms with van der Waals surface area (Å²) in [6, 6.07) is 11.4. The molecule has 0 aromatic heterocycles. The molecular formula is C21H18Cl2N2O4. The number of anilines is 2. The van der Waals surface area contributed by atoms with Crippen molar-refractivity contribution in [3.05, 3.63) is 69.3 Å². The number of carbonyl (C=O) groups excluding carboxylic acids is 3. The molecule has 29 heavy (non-hydrogen) atoms. The van der Waals surface area contributed by atoms with Crippen molar-refractivity contribution in [2.24, 2.45) is 0 Å². The fourth-order valence-electron chi connectivity index (χ4n) is 2.76. The van der Waals surface area contributed by atoms with Gasteiger partial charge in [0.2, 0.25) is 0 Å². The minimum absolute atomic E-state index is 0.0895. The van der Waals surface area contributed by atoms with Crippen molar-refractivity contribution in [3.8, 4) is 0 Å². The molecule has 0 atom stereocenters. The summed E-state index contributed by atoms with van der Waals surface area (Å²) in [4.78, 5) is 38.9. The van der Waals surface area contributed by atoms with Gasteiger partial charge in [0.25, 0.3) is 11.8 Å². The van der Waals surface area contributed by atoms with Crippen molar-refractivity contribution >= 4 is 52.4 Å². The average Bonchev–Trinajstić information content (AvgIpc) is 2.92. The zero-order valence-corrected chi connectivity index (χ0v) is 17.3. The van der Waals surface area contributed by atoms with Crippen LogP contribution >= 0.6 is 23.2 Å². The number of amides is 2. The van der Waals surface area contributed by atoms with E-state index >= 15 is 0 Å². The van der Waals surface area contributed by atoms with E-state index in [1.807, 2.05) is 13.8 Å². The predicted octanol–water partition coefficient (Wildman–Crippen LogP) is 4.65. The molecule has 6 nitrogen and oxygen atoms in total. The van der Waals surface area contributed by atoms with Gasteiger partial charge in [-0.2, -0.15) is 0 Å². The Morgan fingerprint density at radius 2 is 1.83 bits per heavy atom. The Morgan fingerprint density at radius 3 is 2.52 bits per heavy atom. The lowest BCUT2D eigenvalue weighted by Gasteiger charge is -2.18. The van der Waals surface area contributed by atoms with Crippen LogP contribution in [0.3, 0.4) is 0 Å². The molecule has 2 aromatic carbocycles. The first-order valence-corrected chi connectivity index (χ1v) is 9.68. The highest BCUT2D eigenvalue weighted by Gasteiger charge is 2.40. The van der Waals surface area contributed by atoms with Gasteiger partial charge in [0, 0.05) is 10.7 Å². The van der Waals surface area contributed by atoms with Crippen LogP contribution in [0.15, 0.2) is 53.2 Å². The minimum Gasteiger partial charge on any atom is -0.462 e. The SMILES string of the molecule is CCCOC(=O)c1ccccc1N1C(=O)C(Cl)=C(Nc2ccc(C)c(Cl)c2)C1=O. The first-order valence-electron chi connectivity index (χ1n) is 8.93. The largest absolute Gasteiger partial charge is 0.462 e. The summed E-state index contributed by atoms with van der Waals surface area (Å²) >= 11 is 12.3. The molecule has 0 bridgehead atoms. The monoisotopic (exact) mass is 432 g/mol. The van der Waals surface area contributed by atoms with Crippen LogP contribution < -0.4 is 10.2 Å². The first kappa shape index (κ1) is 20.9. The van der Waals surface area contributed by atoms with Gasteiger partial charge >= 0.3 is 5.97 Å². The van der Waals surface area contributed by atoms with Gasteiger partial charge < -0.3 is 10.1 Å². The lowest BCUT2D eigenvalue weighted by atomic mass is 10.1. The number of aryl methyl sites for hydroxylation is 1. The van der Waals surface area contributed by atoms with Crippen molar-refractivity contribution in [2.45, 2.75) is 20.3 Å². The molecule has 0 aliphatic carbocycles. The van der Waals surface area contributed by atoms with Crippen LogP contribution in [-0.4, -0.2) is 24.4 Å². The predicted molar refractivity (Wildman–Crippen MR) is 112 cm³/mol. The molecule has 0 fully saturated rings. The molecule has 1 N–H and O–H groups in total. The van der Waals surface area contributed by atoms with Crippen LogP contribution in [0, 0.1) is 6.92 Å². The maximum absolute atomic E-state index is 13.0. The highest BCUT2D eigenvalue weighted by molar-refractivity contribution is 6.53. The van der Waals surface area contributed by atoms with Gasteiger partial charge in [-0.25, -0.2) is 9.69 Å². The third kappa shape index (κ3) is 4.13. The summed E-state index contributed by atoms with van der Waals surface area (Å²) in [6.45, 7) is 3.94. The molecule has 150 valence electrons. The van der Waals surface area contributed by atoms with Gasteiger partial charge in [-0.15, -0.1) is 0 Å². The zero-order valence-electron chi connectivity index (χ0n) is 15.8. The van der Waals surface area contributed by atoms with Crippen molar-refractivity contribution in [1.29, 1.82) is 0 Å². The number of halogens is 2. The number of para-hydroxylation sites is 1. The number of imide groups is 1. The maximum Gasteiger partial charge on any atom is 0.340 e. The number of benzene rings is 2. The Hall–Kier alpha value is -2.83. The standard InChI is InChI=1S/C21H18Cl2N2O4/c1-3-10-29-21(28)14-6-4-5-7-16(14)25-19(26)17(23)18(20(25)27)24-13-9-8-12(2)15(22)11-13/h4-9,11,24H,3,10H2,1-2H3. The number of hydrogen-bond acceptors (Lipinski definition) is 5. The molecule has 3 rings (SSSR count). The van der Waals surface area contributed by atoms with Crippen molar-refractivity contribution in [1.82, 2.24) is 0 Å². The van der Waals surface area contributed by atoms with E-state index in [-0.39, 0.29) is 28.6 Å². The van der Waals surface area contributed by atoms with Gasteiger partial charge in [-0.3, -0.25) is 9.59 Å². The van der Waals surface area contributed by atoms with E-state index in [1.165, 1.54) is 12.1 Å². The van der Waals surface area contributed by atoms with Gasteiger partial charge in [-0.05, 0) is 43.2 Å². The number of ether oxygens (including phenoxy) is 1. The Labute approximate surface area is 178 Å². The Morgan fingerprint density at radius 1 is 1.10 bits per heavy atom. The minimum atomic E-state index is -0.729. The van der Waals surface area contributed by atoms with E-state index in [4.69, 9.17) is 27.9 Å². The zero-order chi connectivity index (χ0) is 21.1. The van der Waals surface area contributed by atoms with Gasteiger partial charge in [-0.1, -0.05) is 48.3 Å². The molecule has 1 aliphatic heterocycles. The van der Waals surface area contributed by atoms with Crippen LogP contribution in [0.25, 0.3) is 0 Å². The number of nitrogens with one attached hydrogen (secondary N) is 1.